The largest absolute Gasteiger partial charge is 0.496 e. The minimum atomic E-state index is 0.0347. The van der Waals surface area contributed by atoms with Gasteiger partial charge in [0.2, 0.25) is 0 Å². The van der Waals surface area contributed by atoms with Crippen molar-refractivity contribution in [3.63, 3.8) is 0 Å². The van der Waals surface area contributed by atoms with E-state index in [0.717, 1.165) is 37.5 Å². The van der Waals surface area contributed by atoms with Crippen LogP contribution in [0.1, 0.15) is 27.1 Å². The van der Waals surface area contributed by atoms with Gasteiger partial charge in [-0.05, 0) is 48.7 Å². The number of hydrogen-bond donors (Lipinski definition) is 0. The summed E-state index contributed by atoms with van der Waals surface area (Å²) in [5.41, 5.74) is 4.40. The van der Waals surface area contributed by atoms with E-state index in [0.29, 0.717) is 0 Å². The van der Waals surface area contributed by atoms with Gasteiger partial charge in [-0.15, -0.1) is 0 Å². The summed E-state index contributed by atoms with van der Waals surface area (Å²) in [6, 6.07) is 10.2. The summed E-state index contributed by atoms with van der Waals surface area (Å²) >= 11 is 13.5. The van der Waals surface area contributed by atoms with Gasteiger partial charge in [0.1, 0.15) is 5.75 Å². The molecule has 0 saturated heterocycles. The van der Waals surface area contributed by atoms with Crippen LogP contribution >= 0.6 is 43.5 Å². The molecule has 0 spiro atoms. The molecule has 2 rings (SSSR count). The first-order chi connectivity index (χ1) is 9.43. The maximum absolute atomic E-state index is 6.21. The fraction of sp³-hybridized carbons (Fsp3) is 0.250. The molecule has 0 fully saturated rings. The second-order valence-electron chi connectivity index (χ2n) is 4.71. The Morgan fingerprint density at radius 1 is 1.10 bits per heavy atom. The summed E-state index contributed by atoms with van der Waals surface area (Å²) in [6.07, 6.45) is 0. The number of benzene rings is 2. The third-order valence-corrected chi connectivity index (χ3v) is 5.56. The molecule has 20 heavy (non-hydrogen) atoms. The van der Waals surface area contributed by atoms with Crippen LogP contribution in [0.3, 0.4) is 0 Å². The molecule has 0 N–H and O–H groups in total. The molecule has 106 valence electrons. The van der Waals surface area contributed by atoms with Crippen molar-refractivity contribution in [3.05, 3.63) is 62.1 Å². The van der Waals surface area contributed by atoms with E-state index in [1.807, 2.05) is 32.0 Å². The number of ether oxygens (including phenoxy) is 1. The second kappa shape index (κ2) is 6.50. The Balaban J connectivity index is 2.49. The predicted octanol–water partition coefficient (Wildman–Crippen LogP) is 6.21. The van der Waals surface area contributed by atoms with Gasteiger partial charge in [-0.3, -0.25) is 0 Å². The SMILES string of the molecule is COc1cc(C)c(Br)cc1C(Br)c1ccc(C)c(Cl)c1. The van der Waals surface area contributed by atoms with Gasteiger partial charge < -0.3 is 4.74 Å². The zero-order valence-corrected chi connectivity index (χ0v) is 15.4. The normalized spacial score (nSPS) is 12.3. The van der Waals surface area contributed by atoms with Crippen LogP contribution in [0.25, 0.3) is 0 Å². The van der Waals surface area contributed by atoms with Crippen molar-refractivity contribution in [1.29, 1.82) is 0 Å². The van der Waals surface area contributed by atoms with Gasteiger partial charge in [-0.1, -0.05) is 55.6 Å². The zero-order valence-electron chi connectivity index (χ0n) is 11.5. The summed E-state index contributed by atoms with van der Waals surface area (Å²) in [4.78, 5) is 0.0347. The van der Waals surface area contributed by atoms with Crippen LogP contribution in [0, 0.1) is 13.8 Å². The van der Waals surface area contributed by atoms with E-state index in [2.05, 4.69) is 44.0 Å². The maximum atomic E-state index is 6.21. The number of aryl methyl sites for hydroxylation is 2. The van der Waals surface area contributed by atoms with Crippen LogP contribution in [-0.4, -0.2) is 7.11 Å². The maximum Gasteiger partial charge on any atom is 0.123 e. The molecule has 0 saturated carbocycles. The molecule has 0 aromatic heterocycles. The Morgan fingerprint density at radius 3 is 2.40 bits per heavy atom. The predicted molar refractivity (Wildman–Crippen MR) is 92.4 cm³/mol. The van der Waals surface area contributed by atoms with E-state index >= 15 is 0 Å². The fourth-order valence-electron chi connectivity index (χ4n) is 1.99. The van der Waals surface area contributed by atoms with Crippen molar-refractivity contribution < 1.29 is 4.74 Å². The topological polar surface area (TPSA) is 9.23 Å². The molecule has 1 atom stereocenters. The fourth-order valence-corrected chi connectivity index (χ4v) is 3.18. The summed E-state index contributed by atoms with van der Waals surface area (Å²) in [5, 5.41) is 0.775. The Kier molecular flexibility index (Phi) is 5.16. The van der Waals surface area contributed by atoms with E-state index in [1.54, 1.807) is 7.11 Å². The Labute approximate surface area is 141 Å². The van der Waals surface area contributed by atoms with Crippen LogP contribution in [0.15, 0.2) is 34.8 Å². The molecule has 1 unspecified atom stereocenters. The second-order valence-corrected chi connectivity index (χ2v) is 6.89. The summed E-state index contributed by atoms with van der Waals surface area (Å²) in [7, 11) is 1.69. The van der Waals surface area contributed by atoms with Crippen LogP contribution < -0.4 is 4.74 Å². The minimum absolute atomic E-state index is 0.0347. The van der Waals surface area contributed by atoms with Crippen molar-refractivity contribution in [2.24, 2.45) is 0 Å². The average Bonchev–Trinajstić information content (AvgIpc) is 2.43. The van der Waals surface area contributed by atoms with E-state index in [1.165, 1.54) is 0 Å². The summed E-state index contributed by atoms with van der Waals surface area (Å²) < 4.78 is 6.56. The molecular formula is C16H15Br2ClO. The van der Waals surface area contributed by atoms with Gasteiger partial charge >= 0.3 is 0 Å². The number of halogens is 3. The number of alkyl halides is 1. The van der Waals surface area contributed by atoms with Gasteiger partial charge in [-0.2, -0.15) is 0 Å². The van der Waals surface area contributed by atoms with E-state index in [4.69, 9.17) is 16.3 Å². The highest BCUT2D eigenvalue weighted by atomic mass is 79.9. The molecular weight excluding hydrogens is 403 g/mol. The minimum Gasteiger partial charge on any atom is -0.496 e. The molecule has 0 bridgehead atoms. The molecule has 2 aromatic carbocycles. The molecule has 0 amide bonds. The molecule has 2 aromatic rings. The summed E-state index contributed by atoms with van der Waals surface area (Å²) in [6.45, 7) is 4.04. The van der Waals surface area contributed by atoms with Crippen LogP contribution in [0.4, 0.5) is 0 Å². The smallest absolute Gasteiger partial charge is 0.123 e. The monoisotopic (exact) mass is 416 g/mol. The average molecular weight is 419 g/mol. The first kappa shape index (κ1) is 15.9. The lowest BCUT2D eigenvalue weighted by Crippen LogP contribution is -1.99. The first-order valence-corrected chi connectivity index (χ1v) is 8.27. The zero-order chi connectivity index (χ0) is 14.9. The highest BCUT2D eigenvalue weighted by Crippen LogP contribution is 2.40. The van der Waals surface area contributed by atoms with Gasteiger partial charge in [0, 0.05) is 15.1 Å². The number of hydrogen-bond acceptors (Lipinski definition) is 1. The molecule has 4 heteroatoms. The van der Waals surface area contributed by atoms with Gasteiger partial charge in [-0.25, -0.2) is 0 Å². The van der Waals surface area contributed by atoms with Crippen LogP contribution in [0.2, 0.25) is 5.02 Å². The third-order valence-electron chi connectivity index (χ3n) is 3.27. The molecule has 0 aliphatic carbocycles. The molecule has 1 nitrogen and oxygen atoms in total. The quantitative estimate of drug-likeness (QED) is 0.538. The standard InChI is InChI=1S/C16H15Br2ClO/c1-9-4-5-11(7-14(9)19)16(18)12-8-13(17)10(2)6-15(12)20-3/h4-8,16H,1-3H3. The third kappa shape index (κ3) is 3.21. The highest BCUT2D eigenvalue weighted by Gasteiger charge is 2.17. The van der Waals surface area contributed by atoms with Gasteiger partial charge in [0.05, 0.1) is 11.9 Å². The van der Waals surface area contributed by atoms with Gasteiger partial charge in [0.25, 0.3) is 0 Å². The lowest BCUT2D eigenvalue weighted by molar-refractivity contribution is 0.410. The van der Waals surface area contributed by atoms with Gasteiger partial charge in [0.15, 0.2) is 0 Å². The van der Waals surface area contributed by atoms with Crippen molar-refractivity contribution in [2.75, 3.05) is 7.11 Å². The van der Waals surface area contributed by atoms with Crippen molar-refractivity contribution in [2.45, 2.75) is 18.7 Å². The lowest BCUT2D eigenvalue weighted by Gasteiger charge is -2.17. The Morgan fingerprint density at radius 2 is 1.80 bits per heavy atom. The van der Waals surface area contributed by atoms with Crippen molar-refractivity contribution in [1.82, 2.24) is 0 Å². The lowest BCUT2D eigenvalue weighted by atomic mass is 10.0. The van der Waals surface area contributed by atoms with E-state index in [9.17, 15) is 0 Å². The molecule has 0 aliphatic rings. The number of methoxy groups -OCH3 is 1. The Hall–Kier alpha value is -0.510. The van der Waals surface area contributed by atoms with Crippen molar-refractivity contribution >= 4 is 43.5 Å². The summed E-state index contributed by atoms with van der Waals surface area (Å²) in [5.74, 6) is 0.865. The van der Waals surface area contributed by atoms with Crippen LogP contribution in [0.5, 0.6) is 5.75 Å². The molecule has 0 aliphatic heterocycles. The molecule has 0 heterocycles. The van der Waals surface area contributed by atoms with E-state index < -0.39 is 0 Å². The van der Waals surface area contributed by atoms with Crippen molar-refractivity contribution in [3.8, 4) is 5.75 Å². The Bertz CT molecular complexity index is 641. The van der Waals surface area contributed by atoms with Crippen LogP contribution in [-0.2, 0) is 0 Å². The highest BCUT2D eigenvalue weighted by molar-refractivity contribution is 9.10. The first-order valence-electron chi connectivity index (χ1n) is 6.18. The molecule has 0 radical (unpaired) electrons. The van der Waals surface area contributed by atoms with E-state index in [-0.39, 0.29) is 4.83 Å². The number of rotatable bonds is 3.